The van der Waals surface area contributed by atoms with Crippen LogP contribution in [0.3, 0.4) is 0 Å². The van der Waals surface area contributed by atoms with Gasteiger partial charge in [-0.25, -0.2) is 0 Å². The molecule has 2 rings (SSSR count). The van der Waals surface area contributed by atoms with E-state index in [-0.39, 0.29) is 24.3 Å². The highest BCUT2D eigenvalue weighted by molar-refractivity contribution is 7.99. The maximum absolute atomic E-state index is 12.5. The first kappa shape index (κ1) is 15.2. The summed E-state index contributed by atoms with van der Waals surface area (Å²) in [5.74, 6) is 1.26. The van der Waals surface area contributed by atoms with Gasteiger partial charge in [-0.05, 0) is 18.2 Å². The van der Waals surface area contributed by atoms with E-state index in [9.17, 15) is 9.59 Å². The fraction of sp³-hybridized carbons (Fsp3) is 0.429. The number of amides is 1. The van der Waals surface area contributed by atoms with Crippen molar-refractivity contribution in [3.05, 3.63) is 34.9 Å². The van der Waals surface area contributed by atoms with Gasteiger partial charge >= 0.3 is 5.97 Å². The summed E-state index contributed by atoms with van der Waals surface area (Å²) in [6.07, 6.45) is 0.232. The van der Waals surface area contributed by atoms with E-state index in [2.05, 4.69) is 0 Å². The van der Waals surface area contributed by atoms with E-state index in [4.69, 9.17) is 16.3 Å². The molecule has 0 N–H and O–H groups in total. The number of esters is 1. The van der Waals surface area contributed by atoms with Crippen LogP contribution in [0.4, 0.5) is 0 Å². The Hall–Kier alpha value is -1.20. The number of rotatable bonds is 3. The Morgan fingerprint density at radius 3 is 3.00 bits per heavy atom. The van der Waals surface area contributed by atoms with Gasteiger partial charge in [0.1, 0.15) is 0 Å². The minimum absolute atomic E-state index is 0.0818. The quantitative estimate of drug-likeness (QED) is 0.804. The van der Waals surface area contributed by atoms with Crippen molar-refractivity contribution in [3.8, 4) is 0 Å². The lowest BCUT2D eigenvalue weighted by atomic mass is 10.1. The van der Waals surface area contributed by atoms with Crippen molar-refractivity contribution in [2.75, 3.05) is 25.2 Å². The number of halogens is 1. The number of ether oxygens (including phenoxy) is 1. The zero-order chi connectivity index (χ0) is 14.5. The minimum Gasteiger partial charge on any atom is -0.469 e. The number of hydrogen-bond donors (Lipinski definition) is 0. The molecule has 6 heteroatoms. The van der Waals surface area contributed by atoms with Gasteiger partial charge in [0.05, 0.1) is 19.6 Å². The fourth-order valence-corrected chi connectivity index (χ4v) is 3.41. The first-order valence-electron chi connectivity index (χ1n) is 6.33. The fourth-order valence-electron chi connectivity index (χ4n) is 2.15. The summed E-state index contributed by atoms with van der Waals surface area (Å²) in [5, 5.41) is 0.534. The van der Waals surface area contributed by atoms with Gasteiger partial charge in [-0.15, -0.1) is 0 Å². The topological polar surface area (TPSA) is 46.6 Å². The maximum Gasteiger partial charge on any atom is 0.307 e. The van der Waals surface area contributed by atoms with Crippen molar-refractivity contribution in [2.24, 2.45) is 0 Å². The Balaban J connectivity index is 2.15. The second kappa shape index (κ2) is 6.99. The number of methoxy groups -OCH3 is 1. The Morgan fingerprint density at radius 1 is 1.50 bits per heavy atom. The van der Waals surface area contributed by atoms with Crippen LogP contribution in [-0.4, -0.2) is 48.0 Å². The molecule has 0 spiro atoms. The summed E-state index contributed by atoms with van der Waals surface area (Å²) in [6, 6.07) is 6.76. The van der Waals surface area contributed by atoms with E-state index in [0.29, 0.717) is 17.1 Å². The number of nitrogens with zero attached hydrogens (tertiary/aromatic N) is 1. The molecule has 0 radical (unpaired) electrons. The lowest BCUT2D eigenvalue weighted by Gasteiger charge is -2.35. The van der Waals surface area contributed by atoms with Crippen LogP contribution >= 0.6 is 23.4 Å². The molecule has 1 aromatic rings. The molecule has 0 bridgehead atoms. The van der Waals surface area contributed by atoms with Crippen molar-refractivity contribution in [2.45, 2.75) is 12.5 Å². The lowest BCUT2D eigenvalue weighted by molar-refractivity contribution is -0.141. The van der Waals surface area contributed by atoms with Gasteiger partial charge in [-0.2, -0.15) is 11.8 Å². The van der Waals surface area contributed by atoms with Crippen molar-refractivity contribution >= 4 is 35.2 Å². The highest BCUT2D eigenvalue weighted by Gasteiger charge is 2.29. The smallest absolute Gasteiger partial charge is 0.307 e. The molecule has 1 heterocycles. The van der Waals surface area contributed by atoms with Gasteiger partial charge in [0.25, 0.3) is 5.91 Å². The summed E-state index contributed by atoms with van der Waals surface area (Å²) in [4.78, 5) is 25.7. The zero-order valence-corrected chi connectivity index (χ0v) is 12.7. The second-order valence-corrected chi connectivity index (χ2v) is 6.10. The standard InChI is InChI=1S/C14H16ClNO3S/c1-19-13(17)8-12-9-20-6-5-16(12)14(18)10-3-2-4-11(15)7-10/h2-4,7,12H,5-6,8-9H2,1H3/t12-/m0/s1. The Kier molecular flexibility index (Phi) is 5.31. The molecular formula is C14H16ClNO3S. The van der Waals surface area contributed by atoms with Gasteiger partial charge in [-0.1, -0.05) is 17.7 Å². The number of carbonyl (C=O) groups is 2. The van der Waals surface area contributed by atoms with Crippen molar-refractivity contribution < 1.29 is 14.3 Å². The normalized spacial score (nSPS) is 18.7. The van der Waals surface area contributed by atoms with Crippen LogP contribution in [-0.2, 0) is 9.53 Å². The number of benzene rings is 1. The Labute approximate surface area is 127 Å². The van der Waals surface area contributed by atoms with Crippen molar-refractivity contribution in [3.63, 3.8) is 0 Å². The summed E-state index contributed by atoms with van der Waals surface area (Å²) < 4.78 is 4.70. The van der Waals surface area contributed by atoms with Crippen LogP contribution in [0, 0.1) is 0 Å². The average molecular weight is 314 g/mol. The molecule has 0 saturated carbocycles. The molecule has 4 nitrogen and oxygen atoms in total. The van der Waals surface area contributed by atoms with Crippen molar-refractivity contribution in [1.82, 2.24) is 4.90 Å². The highest BCUT2D eigenvalue weighted by Crippen LogP contribution is 2.22. The molecule has 1 aliphatic rings. The van der Waals surface area contributed by atoms with E-state index in [1.807, 2.05) is 0 Å². The van der Waals surface area contributed by atoms with Gasteiger partial charge in [0, 0.05) is 28.6 Å². The molecule has 1 saturated heterocycles. The zero-order valence-electron chi connectivity index (χ0n) is 11.2. The van der Waals surface area contributed by atoms with Gasteiger partial charge in [-0.3, -0.25) is 9.59 Å². The molecule has 1 aromatic carbocycles. The third-order valence-corrected chi connectivity index (χ3v) is 4.52. The van der Waals surface area contributed by atoms with Crippen LogP contribution < -0.4 is 0 Å². The first-order chi connectivity index (χ1) is 9.61. The van der Waals surface area contributed by atoms with E-state index < -0.39 is 0 Å². The van der Waals surface area contributed by atoms with Crippen LogP contribution in [0.15, 0.2) is 24.3 Å². The average Bonchev–Trinajstić information content (AvgIpc) is 2.47. The minimum atomic E-state index is -0.290. The van der Waals surface area contributed by atoms with Crippen molar-refractivity contribution in [1.29, 1.82) is 0 Å². The third-order valence-electron chi connectivity index (χ3n) is 3.19. The molecule has 1 amide bonds. The van der Waals surface area contributed by atoms with E-state index in [1.165, 1.54) is 7.11 Å². The molecule has 0 unspecified atom stereocenters. The molecule has 108 valence electrons. The largest absolute Gasteiger partial charge is 0.469 e. The maximum atomic E-state index is 12.5. The lowest BCUT2D eigenvalue weighted by Crippen LogP contribution is -2.47. The first-order valence-corrected chi connectivity index (χ1v) is 7.86. The molecule has 0 aromatic heterocycles. The Bertz CT molecular complexity index is 509. The predicted octanol–water partition coefficient (Wildman–Crippen LogP) is 2.46. The van der Waals surface area contributed by atoms with Crippen LogP contribution in [0.1, 0.15) is 16.8 Å². The molecule has 1 fully saturated rings. The molecule has 1 atom stereocenters. The summed E-state index contributed by atoms with van der Waals surface area (Å²) in [7, 11) is 1.36. The van der Waals surface area contributed by atoms with Crippen LogP contribution in [0.5, 0.6) is 0 Å². The number of thioether (sulfide) groups is 1. The van der Waals surface area contributed by atoms with Gasteiger partial charge in [0.2, 0.25) is 0 Å². The number of carbonyl (C=O) groups excluding carboxylic acids is 2. The SMILES string of the molecule is COC(=O)C[C@H]1CSCCN1C(=O)c1cccc(Cl)c1. The summed E-state index contributed by atoms with van der Waals surface area (Å²) >= 11 is 7.67. The molecule has 0 aliphatic carbocycles. The molecular weight excluding hydrogens is 298 g/mol. The van der Waals surface area contributed by atoms with Crippen LogP contribution in [0.2, 0.25) is 5.02 Å². The Morgan fingerprint density at radius 2 is 2.30 bits per heavy atom. The molecule has 1 aliphatic heterocycles. The monoisotopic (exact) mass is 313 g/mol. The number of hydrogen-bond acceptors (Lipinski definition) is 4. The second-order valence-electron chi connectivity index (χ2n) is 4.52. The third kappa shape index (κ3) is 3.67. The van der Waals surface area contributed by atoms with Gasteiger partial charge in [0.15, 0.2) is 0 Å². The van der Waals surface area contributed by atoms with Gasteiger partial charge < -0.3 is 9.64 Å². The molecule has 20 heavy (non-hydrogen) atoms. The predicted molar refractivity (Wildman–Crippen MR) is 80.2 cm³/mol. The highest BCUT2D eigenvalue weighted by atomic mass is 35.5. The van der Waals surface area contributed by atoms with Crippen LogP contribution in [0.25, 0.3) is 0 Å². The summed E-state index contributed by atoms with van der Waals surface area (Å²) in [5.41, 5.74) is 0.555. The van der Waals surface area contributed by atoms with E-state index in [0.717, 1.165) is 11.5 Å². The van der Waals surface area contributed by atoms with E-state index in [1.54, 1.807) is 40.9 Å². The van der Waals surface area contributed by atoms with E-state index >= 15 is 0 Å². The summed E-state index contributed by atoms with van der Waals surface area (Å²) in [6.45, 7) is 0.637.